The Hall–Kier alpha value is -2.35. The highest BCUT2D eigenvalue weighted by Crippen LogP contribution is 2.28. The van der Waals surface area contributed by atoms with Crippen LogP contribution < -0.4 is 5.48 Å². The van der Waals surface area contributed by atoms with Gasteiger partial charge in [-0.15, -0.1) is 0 Å². The van der Waals surface area contributed by atoms with Crippen molar-refractivity contribution in [3.8, 4) is 0 Å². The van der Waals surface area contributed by atoms with Crippen LogP contribution in [0.15, 0.2) is 24.3 Å². The molecule has 0 spiro atoms. The van der Waals surface area contributed by atoms with E-state index in [-0.39, 0.29) is 11.5 Å². The lowest BCUT2D eigenvalue weighted by molar-refractivity contribution is -0.144. The Morgan fingerprint density at radius 1 is 1.19 bits per heavy atom. The number of nitrogens with zero attached hydrogens (tertiary/aromatic N) is 1. The normalized spacial score (nSPS) is 13.3. The summed E-state index contributed by atoms with van der Waals surface area (Å²) in [4.78, 5) is 39.9. The van der Waals surface area contributed by atoms with Crippen LogP contribution in [0.1, 0.15) is 44.9 Å². The van der Waals surface area contributed by atoms with Crippen molar-refractivity contribution in [1.29, 1.82) is 0 Å². The van der Waals surface area contributed by atoms with Crippen LogP contribution in [0.5, 0.6) is 0 Å². The smallest absolute Gasteiger partial charge is 0.332 e. The van der Waals surface area contributed by atoms with E-state index in [2.05, 4.69) is 10.3 Å². The van der Waals surface area contributed by atoms with Crippen molar-refractivity contribution in [2.24, 2.45) is 0 Å². The topological polar surface area (TPSA) is 97.6 Å². The number of hydrogen-bond donors (Lipinski definition) is 2. The lowest BCUT2D eigenvalue weighted by Crippen LogP contribution is -2.29. The van der Waals surface area contributed by atoms with Crippen molar-refractivity contribution in [1.82, 2.24) is 10.0 Å². The zero-order valence-electron chi connectivity index (χ0n) is 14.1. The van der Waals surface area contributed by atoms with Gasteiger partial charge in [-0.2, -0.15) is 0 Å². The molecule has 1 aliphatic rings. The molecule has 1 aromatic carbocycles. The highest BCUT2D eigenvalue weighted by atomic mass is 35.5. The predicted octanol–water partition coefficient (Wildman–Crippen LogP) is 3.11. The zero-order valence-corrected chi connectivity index (χ0v) is 15.6. The third-order valence-corrected chi connectivity index (χ3v) is 4.98. The van der Waals surface area contributed by atoms with Gasteiger partial charge in [0.15, 0.2) is 12.4 Å². The number of carboxylic acids is 1. The third-order valence-electron chi connectivity index (χ3n) is 4.24. The van der Waals surface area contributed by atoms with Gasteiger partial charge in [0.1, 0.15) is 5.69 Å². The number of benzene rings is 1. The maximum absolute atomic E-state index is 12.5. The van der Waals surface area contributed by atoms with Gasteiger partial charge in [-0.05, 0) is 36.6 Å². The second-order valence-electron chi connectivity index (χ2n) is 6.11. The minimum Gasteiger partial charge on any atom is -0.479 e. The number of halogens is 2. The van der Waals surface area contributed by atoms with Crippen LogP contribution in [-0.4, -0.2) is 33.9 Å². The number of carboxylic acid groups (broad SMARTS) is 1. The molecule has 142 valence electrons. The first-order valence-electron chi connectivity index (χ1n) is 8.20. The van der Waals surface area contributed by atoms with Gasteiger partial charge in [0.05, 0.1) is 10.0 Å². The molecule has 9 heteroatoms. The predicted molar refractivity (Wildman–Crippen MR) is 98.3 cm³/mol. The number of Topliss-reactive ketones (excluding diaryl/α,β-unsaturated/α-hetero) is 1. The molecule has 27 heavy (non-hydrogen) atoms. The Morgan fingerprint density at radius 2 is 1.96 bits per heavy atom. The number of nitrogens with one attached hydrogen (secondary N) is 1. The number of aliphatic carboxylic acids is 1. The van der Waals surface area contributed by atoms with Crippen molar-refractivity contribution in [2.75, 3.05) is 6.61 Å². The number of hydroxylamine groups is 1. The number of rotatable bonds is 6. The van der Waals surface area contributed by atoms with Crippen LogP contribution in [0.25, 0.3) is 0 Å². The fourth-order valence-electron chi connectivity index (χ4n) is 3.06. The first-order valence-corrected chi connectivity index (χ1v) is 8.96. The molecule has 0 bridgehead atoms. The van der Waals surface area contributed by atoms with E-state index >= 15 is 0 Å². The molecule has 0 aliphatic heterocycles. The Morgan fingerprint density at radius 3 is 2.67 bits per heavy atom. The molecule has 0 saturated heterocycles. The number of fused-ring (bicyclic) bond motifs is 1. The van der Waals surface area contributed by atoms with Crippen LogP contribution in [0.2, 0.25) is 10.0 Å². The number of aromatic nitrogens is 1. The lowest BCUT2D eigenvalue weighted by Gasteiger charge is -2.17. The van der Waals surface area contributed by atoms with Gasteiger partial charge in [-0.25, -0.2) is 10.3 Å². The van der Waals surface area contributed by atoms with E-state index in [1.54, 1.807) is 22.8 Å². The van der Waals surface area contributed by atoms with Crippen LogP contribution in [0.4, 0.5) is 0 Å². The average Bonchev–Trinajstić information content (AvgIpc) is 2.98. The van der Waals surface area contributed by atoms with Crippen LogP contribution in [0.3, 0.4) is 0 Å². The number of carbonyl (C=O) groups excluding carboxylic acids is 2. The minimum atomic E-state index is -1.21. The van der Waals surface area contributed by atoms with Gasteiger partial charge < -0.3 is 9.67 Å². The molecule has 0 saturated carbocycles. The largest absolute Gasteiger partial charge is 0.479 e. The summed E-state index contributed by atoms with van der Waals surface area (Å²) in [5, 5.41) is 9.42. The van der Waals surface area contributed by atoms with Crippen LogP contribution in [0, 0.1) is 0 Å². The lowest BCUT2D eigenvalue weighted by atomic mass is 9.96. The second-order valence-corrected chi connectivity index (χ2v) is 6.93. The van der Waals surface area contributed by atoms with Crippen molar-refractivity contribution >= 4 is 40.9 Å². The summed E-state index contributed by atoms with van der Waals surface area (Å²) in [6.45, 7) is -0.362. The molecule has 3 rings (SSSR count). The first kappa shape index (κ1) is 19.4. The van der Waals surface area contributed by atoms with E-state index in [4.69, 9.17) is 28.3 Å². The maximum Gasteiger partial charge on any atom is 0.332 e. The van der Waals surface area contributed by atoms with Gasteiger partial charge in [0, 0.05) is 24.2 Å². The zero-order chi connectivity index (χ0) is 19.6. The van der Waals surface area contributed by atoms with E-state index in [9.17, 15) is 14.4 Å². The first-order chi connectivity index (χ1) is 12.9. The highest BCUT2D eigenvalue weighted by molar-refractivity contribution is 6.42. The maximum atomic E-state index is 12.5. The quantitative estimate of drug-likeness (QED) is 0.712. The Balaban J connectivity index is 1.94. The Bertz CT molecular complexity index is 923. The molecule has 2 N–H and O–H groups in total. The molecular formula is C18H16Cl2N2O5. The molecule has 0 radical (unpaired) electrons. The summed E-state index contributed by atoms with van der Waals surface area (Å²) in [5.74, 6) is -1.86. The molecule has 1 heterocycles. The van der Waals surface area contributed by atoms with E-state index in [0.717, 1.165) is 11.3 Å². The molecule has 0 unspecified atom stereocenters. The van der Waals surface area contributed by atoms with Crippen LogP contribution >= 0.6 is 23.2 Å². The summed E-state index contributed by atoms with van der Waals surface area (Å²) in [6, 6.07) is 6.67. The van der Waals surface area contributed by atoms with Crippen molar-refractivity contribution in [3.63, 3.8) is 0 Å². The molecule has 0 fully saturated rings. The van der Waals surface area contributed by atoms with Crippen LogP contribution in [-0.2, 0) is 22.6 Å². The molecule has 1 aromatic heterocycles. The van der Waals surface area contributed by atoms with Gasteiger partial charge >= 0.3 is 5.97 Å². The molecule has 1 aliphatic carbocycles. The number of carbonyl (C=O) groups is 3. The van der Waals surface area contributed by atoms with E-state index < -0.39 is 18.5 Å². The third kappa shape index (κ3) is 4.32. The van der Waals surface area contributed by atoms with Crippen molar-refractivity contribution in [3.05, 3.63) is 56.8 Å². The monoisotopic (exact) mass is 410 g/mol. The SMILES string of the molecule is O=C(O)CONC(=O)c1cc2c(n1Cc1ccc(Cl)c(Cl)c1)CCCC2=O. The molecule has 1 amide bonds. The number of hydrogen-bond acceptors (Lipinski definition) is 4. The Labute approximate surface area is 164 Å². The van der Waals surface area contributed by atoms with Gasteiger partial charge in [-0.3, -0.25) is 14.4 Å². The molecule has 2 aromatic rings. The van der Waals surface area contributed by atoms with Crippen molar-refractivity contribution in [2.45, 2.75) is 25.8 Å². The van der Waals surface area contributed by atoms with Gasteiger partial charge in [-0.1, -0.05) is 29.3 Å². The highest BCUT2D eigenvalue weighted by Gasteiger charge is 2.26. The van der Waals surface area contributed by atoms with Crippen molar-refractivity contribution < 1.29 is 24.3 Å². The molecular weight excluding hydrogens is 395 g/mol. The summed E-state index contributed by atoms with van der Waals surface area (Å²) in [5.41, 5.74) is 4.39. The number of amides is 1. The van der Waals surface area contributed by atoms with E-state index in [1.165, 1.54) is 6.07 Å². The van der Waals surface area contributed by atoms with E-state index in [0.29, 0.717) is 41.4 Å². The number of ketones is 1. The summed E-state index contributed by atoms with van der Waals surface area (Å²) in [7, 11) is 0. The summed E-state index contributed by atoms with van der Waals surface area (Å²) < 4.78 is 1.73. The Kier molecular flexibility index (Phi) is 5.84. The van der Waals surface area contributed by atoms with Gasteiger partial charge in [0.25, 0.3) is 5.91 Å². The minimum absolute atomic E-state index is 0.0235. The standard InChI is InChI=1S/C18H16Cl2N2O5/c19-12-5-4-10(6-13(12)20)8-22-14-2-1-3-16(23)11(14)7-15(22)18(26)21-27-9-17(24)25/h4-7H,1-3,8-9H2,(H,21,26)(H,24,25). The molecule has 0 atom stereocenters. The van der Waals surface area contributed by atoms with Gasteiger partial charge in [0.2, 0.25) is 0 Å². The van der Waals surface area contributed by atoms with E-state index in [1.807, 2.05) is 0 Å². The average molecular weight is 411 g/mol. The fourth-order valence-corrected chi connectivity index (χ4v) is 3.38. The summed E-state index contributed by atoms with van der Waals surface area (Å²) >= 11 is 12.0. The second kappa shape index (κ2) is 8.12. The molecule has 7 nitrogen and oxygen atoms in total. The summed E-state index contributed by atoms with van der Waals surface area (Å²) in [6.07, 6.45) is 1.79. The fraction of sp³-hybridized carbons (Fsp3) is 0.278.